The molecule has 1 unspecified atom stereocenters. The zero-order valence-electron chi connectivity index (χ0n) is 44.1. The van der Waals surface area contributed by atoms with Crippen molar-refractivity contribution in [3.63, 3.8) is 0 Å². The molecule has 0 aromatic heterocycles. The largest absolute Gasteiger partial charge is 0.177 e. The lowest BCUT2D eigenvalue weighted by molar-refractivity contribution is 0.851. The van der Waals surface area contributed by atoms with Crippen LogP contribution in [0.1, 0.15) is 111 Å². The first-order chi connectivity index (χ1) is 35.6. The smallest absolute Gasteiger partial charge is 0.0636 e. The molecule has 9 aromatic rings. The zero-order chi connectivity index (χ0) is 50.5. The maximum Gasteiger partial charge on any atom is 0.177 e. The van der Waals surface area contributed by atoms with Crippen LogP contribution in [0.4, 0.5) is 0 Å². The Labute approximate surface area is 437 Å². The fraction of sp³-hybridized carbons (Fsp3) is 0.194. The van der Waals surface area contributed by atoms with Gasteiger partial charge in [-0.15, -0.1) is 0 Å². The van der Waals surface area contributed by atoms with Gasteiger partial charge in [-0.25, -0.2) is 0 Å². The molecule has 0 fully saturated rings. The van der Waals surface area contributed by atoms with Crippen LogP contribution in [0, 0.1) is 26.7 Å². The number of allylic oxidation sites excluding steroid dienone is 4. The van der Waals surface area contributed by atoms with Gasteiger partial charge in [0.15, 0.2) is 8.07 Å². The van der Waals surface area contributed by atoms with E-state index in [4.69, 9.17) is 0 Å². The summed E-state index contributed by atoms with van der Waals surface area (Å²) in [7, 11) is -3.47. The van der Waals surface area contributed by atoms with Crippen molar-refractivity contribution < 1.29 is 0 Å². The van der Waals surface area contributed by atoms with Crippen LogP contribution in [-0.4, -0.2) is 8.07 Å². The maximum atomic E-state index is 2.65. The third-order valence-corrected chi connectivity index (χ3v) is 22.0. The molecule has 0 N–H and O–H groups in total. The van der Waals surface area contributed by atoms with Crippen LogP contribution in [-0.2, 0) is 38.5 Å². The minimum Gasteiger partial charge on any atom is -0.0636 e. The minimum absolute atomic E-state index is 0.224. The molecule has 1 aliphatic carbocycles. The number of benzene rings is 9. The molecule has 73 heavy (non-hydrogen) atoms. The third kappa shape index (κ3) is 9.97. The van der Waals surface area contributed by atoms with Gasteiger partial charge in [0.05, 0.1) is 0 Å². The van der Waals surface area contributed by atoms with Gasteiger partial charge in [0.1, 0.15) is 0 Å². The highest BCUT2D eigenvalue weighted by Gasteiger charge is 2.52. The van der Waals surface area contributed by atoms with Crippen molar-refractivity contribution in [2.75, 3.05) is 0 Å². The molecule has 0 radical (unpaired) electrons. The second kappa shape index (κ2) is 21.8. The summed E-state index contributed by atoms with van der Waals surface area (Å²) in [5.41, 5.74) is 25.4. The molecule has 9 aromatic carbocycles. The first kappa shape index (κ1) is 49.3. The lowest BCUT2D eigenvalue weighted by atomic mass is 9.91. The maximum absolute atomic E-state index is 3.47. The summed E-state index contributed by atoms with van der Waals surface area (Å²) in [5, 5.41) is 6.23. The lowest BCUT2D eigenvalue weighted by Gasteiger charge is -2.44. The van der Waals surface area contributed by atoms with E-state index in [9.17, 15) is 0 Å². The number of hydrogen-bond acceptors (Lipinski definition) is 0. The number of aryl methyl sites for hydroxylation is 3. The third-order valence-electron chi connectivity index (χ3n) is 16.6. The summed E-state index contributed by atoms with van der Waals surface area (Å²) in [4.78, 5) is 0. The summed E-state index contributed by atoms with van der Waals surface area (Å²) in [6, 6.07) is 83.2. The molecule has 0 bridgehead atoms. The average Bonchev–Trinajstić information content (AvgIpc) is 3.61. The molecule has 362 valence electrons. The van der Waals surface area contributed by atoms with Gasteiger partial charge in [-0.3, -0.25) is 0 Å². The Bertz CT molecular complexity index is 3090. The highest BCUT2D eigenvalue weighted by atomic mass is 28.3. The molecule has 0 spiro atoms. The topological polar surface area (TPSA) is 0 Å². The summed E-state index contributed by atoms with van der Waals surface area (Å²) >= 11 is 0. The standard InChI is InChI=1S/C72H70Si/c1-50-38-41-69(66(47-60-32-20-11-21-33-60)63(50)44-57-26-14-8-15-27-57)73(72-55(6)53(4)54(5)56(72)7,70-42-39-51(2)64(45-58-28-16-9-17-29-58)67(70)48-61-34-22-12-23-35-61)71-43-40-52(3)65(46-59-30-18-10-19-31-59)68(71)49-62-36-24-13-25-37-62/h8-43,55H,44-49H2,1-7H3. The van der Waals surface area contributed by atoms with Crippen molar-refractivity contribution in [1.82, 2.24) is 0 Å². The van der Waals surface area contributed by atoms with Crippen LogP contribution in [0.5, 0.6) is 0 Å². The van der Waals surface area contributed by atoms with Gasteiger partial charge in [0.2, 0.25) is 0 Å². The van der Waals surface area contributed by atoms with Crippen LogP contribution in [0.25, 0.3) is 0 Å². The molecule has 1 heteroatoms. The van der Waals surface area contributed by atoms with Crippen molar-refractivity contribution in [1.29, 1.82) is 0 Å². The number of hydrogen-bond donors (Lipinski definition) is 0. The van der Waals surface area contributed by atoms with Gasteiger partial charge in [-0.05, 0) is 191 Å². The lowest BCUT2D eigenvalue weighted by Crippen LogP contribution is -2.72. The van der Waals surface area contributed by atoms with Crippen molar-refractivity contribution >= 4 is 23.6 Å². The van der Waals surface area contributed by atoms with Crippen molar-refractivity contribution in [3.8, 4) is 0 Å². The Morgan fingerprint density at radius 1 is 0.274 bits per heavy atom. The first-order valence-electron chi connectivity index (χ1n) is 26.6. The molecule has 0 saturated heterocycles. The molecule has 0 aliphatic heterocycles. The second-order valence-corrected chi connectivity index (χ2v) is 24.6. The van der Waals surface area contributed by atoms with Crippen LogP contribution in [0.15, 0.2) is 240 Å². The SMILES string of the molecule is CC1=C(C)C(C)C([Si](c2ccc(C)c(Cc3ccccc3)c2Cc2ccccc2)(c2ccc(C)c(Cc3ccccc3)c2Cc2ccccc2)c2ccc(C)c(Cc3ccccc3)c2Cc2ccccc2)=C1C. The summed E-state index contributed by atoms with van der Waals surface area (Å²) < 4.78 is 0. The first-order valence-corrected chi connectivity index (χ1v) is 28.6. The molecule has 0 nitrogen and oxygen atoms in total. The molecule has 0 saturated carbocycles. The fourth-order valence-electron chi connectivity index (χ4n) is 12.5. The van der Waals surface area contributed by atoms with E-state index in [1.807, 2.05) is 0 Å². The van der Waals surface area contributed by atoms with E-state index < -0.39 is 8.07 Å². The number of rotatable bonds is 16. The van der Waals surface area contributed by atoms with Crippen molar-refractivity contribution in [2.45, 2.75) is 87.0 Å². The predicted octanol–water partition coefficient (Wildman–Crippen LogP) is 15.5. The van der Waals surface area contributed by atoms with Gasteiger partial charge in [0.25, 0.3) is 0 Å². The van der Waals surface area contributed by atoms with Crippen LogP contribution >= 0.6 is 0 Å². The summed E-state index contributed by atoms with van der Waals surface area (Å²) in [6.45, 7) is 17.0. The van der Waals surface area contributed by atoms with Gasteiger partial charge < -0.3 is 0 Å². The van der Waals surface area contributed by atoms with Crippen LogP contribution in [0.2, 0.25) is 0 Å². The Balaban J connectivity index is 1.44. The molecule has 1 atom stereocenters. The van der Waals surface area contributed by atoms with E-state index >= 15 is 0 Å². The van der Waals surface area contributed by atoms with E-state index in [0.29, 0.717) is 0 Å². The predicted molar refractivity (Wildman–Crippen MR) is 314 cm³/mol. The molecular formula is C72H70Si. The summed E-state index contributed by atoms with van der Waals surface area (Å²) in [6.07, 6.45) is 5.12. The van der Waals surface area contributed by atoms with E-state index in [1.54, 1.807) is 5.20 Å². The Morgan fingerprint density at radius 2 is 0.507 bits per heavy atom. The van der Waals surface area contributed by atoms with E-state index in [1.165, 1.54) is 116 Å². The van der Waals surface area contributed by atoms with E-state index in [2.05, 4.69) is 267 Å². The monoisotopic (exact) mass is 963 g/mol. The van der Waals surface area contributed by atoms with Gasteiger partial charge in [-0.1, -0.05) is 242 Å². The average molecular weight is 963 g/mol. The molecule has 0 heterocycles. The Hall–Kier alpha value is -7.32. The normalized spacial score (nSPS) is 13.8. The molecule has 1 aliphatic rings. The van der Waals surface area contributed by atoms with E-state index in [0.717, 1.165) is 38.5 Å². The minimum atomic E-state index is -3.47. The zero-order valence-corrected chi connectivity index (χ0v) is 45.1. The molecule has 0 amide bonds. The van der Waals surface area contributed by atoms with Gasteiger partial charge in [0, 0.05) is 0 Å². The van der Waals surface area contributed by atoms with E-state index in [-0.39, 0.29) is 5.92 Å². The Kier molecular flexibility index (Phi) is 14.7. The van der Waals surface area contributed by atoms with Crippen molar-refractivity contribution in [3.05, 3.63) is 324 Å². The van der Waals surface area contributed by atoms with Crippen LogP contribution < -0.4 is 15.6 Å². The van der Waals surface area contributed by atoms with Crippen LogP contribution in [0.3, 0.4) is 0 Å². The van der Waals surface area contributed by atoms with Gasteiger partial charge in [-0.2, -0.15) is 0 Å². The van der Waals surface area contributed by atoms with Gasteiger partial charge >= 0.3 is 0 Å². The second-order valence-electron chi connectivity index (χ2n) is 21.0. The molecule has 10 rings (SSSR count). The Morgan fingerprint density at radius 3 is 0.726 bits per heavy atom. The summed E-state index contributed by atoms with van der Waals surface area (Å²) in [5.74, 6) is 0.224. The van der Waals surface area contributed by atoms with Crippen molar-refractivity contribution in [2.24, 2.45) is 5.92 Å². The fourth-order valence-corrected chi connectivity index (χ4v) is 18.9. The quantitative estimate of drug-likeness (QED) is 0.0669. The molecular weight excluding hydrogens is 893 g/mol. The highest BCUT2D eigenvalue weighted by Crippen LogP contribution is 2.44. The highest BCUT2D eigenvalue weighted by molar-refractivity contribution is 7.17.